The largest absolute Gasteiger partial charge is 0.343 e. The van der Waals surface area contributed by atoms with Crippen LogP contribution in [0.25, 0.3) is 5.65 Å². The van der Waals surface area contributed by atoms with Crippen LogP contribution in [0.5, 0.6) is 0 Å². The highest BCUT2D eigenvalue weighted by molar-refractivity contribution is 7.09. The first-order chi connectivity index (χ1) is 13.0. The van der Waals surface area contributed by atoms with Crippen molar-refractivity contribution >= 4 is 22.9 Å². The normalized spacial score (nSPS) is 15.6. The molecule has 0 saturated carbocycles. The van der Waals surface area contributed by atoms with Gasteiger partial charge in [-0.3, -0.25) is 14.0 Å². The van der Waals surface area contributed by atoms with E-state index in [1.54, 1.807) is 4.57 Å². The highest BCUT2D eigenvalue weighted by atomic mass is 32.1. The van der Waals surface area contributed by atoms with Crippen LogP contribution in [0.2, 0.25) is 0 Å². The average Bonchev–Trinajstić information content (AvgIpc) is 3.21. The van der Waals surface area contributed by atoms with Crippen molar-refractivity contribution in [1.29, 1.82) is 0 Å². The van der Waals surface area contributed by atoms with Crippen LogP contribution < -0.4 is 4.87 Å². The molecular formula is C19H23N5O2S. The number of hydrogen-bond donors (Lipinski definition) is 0. The van der Waals surface area contributed by atoms with E-state index >= 15 is 0 Å². The minimum atomic E-state index is 0.0233. The Labute approximate surface area is 161 Å². The van der Waals surface area contributed by atoms with Crippen molar-refractivity contribution in [3.8, 4) is 0 Å². The Balaban J connectivity index is 1.36. The number of fused-ring (bicyclic) bond motifs is 1. The number of carbonyl (C=O) groups excluding carboxylic acids is 1. The molecule has 0 spiro atoms. The summed E-state index contributed by atoms with van der Waals surface area (Å²) >= 11 is 1.25. The fourth-order valence-electron chi connectivity index (χ4n) is 3.74. The predicted octanol–water partition coefficient (Wildman–Crippen LogP) is 2.37. The molecule has 4 heterocycles. The topological polar surface area (TPSA) is 72.5 Å². The minimum absolute atomic E-state index is 0.0233. The summed E-state index contributed by atoms with van der Waals surface area (Å²) in [4.78, 5) is 27.5. The first-order valence-corrected chi connectivity index (χ1v) is 10.1. The van der Waals surface area contributed by atoms with E-state index in [1.807, 2.05) is 47.5 Å². The Morgan fingerprint density at radius 2 is 2.00 bits per heavy atom. The number of pyridine rings is 1. The summed E-state index contributed by atoms with van der Waals surface area (Å²) in [6.07, 6.45) is 4.14. The minimum Gasteiger partial charge on any atom is -0.343 e. The lowest BCUT2D eigenvalue weighted by atomic mass is 9.95. The molecule has 1 aliphatic rings. The first kappa shape index (κ1) is 17.9. The number of amides is 1. The van der Waals surface area contributed by atoms with Gasteiger partial charge in [-0.2, -0.15) is 0 Å². The maximum Gasteiger partial charge on any atom is 0.307 e. The highest BCUT2D eigenvalue weighted by Crippen LogP contribution is 2.27. The van der Waals surface area contributed by atoms with Crippen LogP contribution in [0, 0.1) is 13.8 Å². The molecule has 27 heavy (non-hydrogen) atoms. The number of rotatable bonds is 4. The second-order valence-electron chi connectivity index (χ2n) is 7.05. The number of nitrogens with zero attached hydrogens (tertiary/aromatic N) is 5. The second kappa shape index (κ2) is 7.26. The van der Waals surface area contributed by atoms with Gasteiger partial charge in [0, 0.05) is 48.7 Å². The molecule has 1 saturated heterocycles. The molecule has 7 nitrogen and oxygen atoms in total. The van der Waals surface area contributed by atoms with Crippen molar-refractivity contribution < 1.29 is 4.79 Å². The smallest absolute Gasteiger partial charge is 0.307 e. The van der Waals surface area contributed by atoms with Gasteiger partial charge in [0.05, 0.1) is 0 Å². The molecule has 4 rings (SSSR count). The third-order valence-corrected chi connectivity index (χ3v) is 6.47. The molecule has 0 aromatic carbocycles. The zero-order chi connectivity index (χ0) is 19.0. The quantitative estimate of drug-likeness (QED) is 0.691. The SMILES string of the molecule is Cc1sc(=O)n(CCC(=O)N2CCC(c3nnc4ccccn34)CC2)c1C. The molecule has 0 aliphatic carbocycles. The van der Waals surface area contributed by atoms with Crippen LogP contribution in [0.1, 0.15) is 41.6 Å². The second-order valence-corrected chi connectivity index (χ2v) is 8.22. The van der Waals surface area contributed by atoms with E-state index in [-0.39, 0.29) is 10.8 Å². The zero-order valence-electron chi connectivity index (χ0n) is 15.6. The molecule has 142 valence electrons. The molecular weight excluding hydrogens is 362 g/mol. The van der Waals surface area contributed by atoms with Gasteiger partial charge in [-0.1, -0.05) is 17.4 Å². The van der Waals surface area contributed by atoms with Crippen LogP contribution >= 0.6 is 11.3 Å². The Kier molecular flexibility index (Phi) is 4.82. The molecule has 0 unspecified atom stereocenters. The van der Waals surface area contributed by atoms with Crippen LogP contribution in [0.15, 0.2) is 29.2 Å². The maximum atomic E-state index is 12.6. The van der Waals surface area contributed by atoms with Crippen molar-refractivity contribution in [2.75, 3.05) is 13.1 Å². The summed E-state index contributed by atoms with van der Waals surface area (Å²) in [6, 6.07) is 5.89. The lowest BCUT2D eigenvalue weighted by Crippen LogP contribution is -2.38. The number of likely N-dealkylation sites (tertiary alicyclic amines) is 1. The van der Waals surface area contributed by atoms with Crippen LogP contribution in [-0.2, 0) is 11.3 Å². The van der Waals surface area contributed by atoms with E-state index < -0.39 is 0 Å². The molecule has 8 heteroatoms. The van der Waals surface area contributed by atoms with E-state index in [2.05, 4.69) is 10.2 Å². The number of aryl methyl sites for hydroxylation is 1. The van der Waals surface area contributed by atoms with Crippen LogP contribution in [0.4, 0.5) is 0 Å². The van der Waals surface area contributed by atoms with Crippen LogP contribution in [-0.4, -0.2) is 43.1 Å². The van der Waals surface area contributed by atoms with Crippen molar-refractivity contribution in [1.82, 2.24) is 24.1 Å². The van der Waals surface area contributed by atoms with Gasteiger partial charge in [0.25, 0.3) is 0 Å². The Bertz CT molecular complexity index is 1030. The summed E-state index contributed by atoms with van der Waals surface area (Å²) in [7, 11) is 0. The van der Waals surface area contributed by atoms with Gasteiger partial charge in [-0.15, -0.1) is 10.2 Å². The fourth-order valence-corrected chi connectivity index (χ4v) is 4.60. The van der Waals surface area contributed by atoms with Gasteiger partial charge in [0.1, 0.15) is 5.82 Å². The Morgan fingerprint density at radius 3 is 2.70 bits per heavy atom. The molecule has 0 bridgehead atoms. The van der Waals surface area contributed by atoms with Gasteiger partial charge < -0.3 is 9.47 Å². The van der Waals surface area contributed by atoms with E-state index in [0.717, 1.165) is 48.0 Å². The number of thiazole rings is 1. The molecule has 1 amide bonds. The monoisotopic (exact) mass is 385 g/mol. The molecule has 1 aliphatic heterocycles. The molecule has 0 radical (unpaired) electrons. The lowest BCUT2D eigenvalue weighted by molar-refractivity contribution is -0.132. The molecule has 3 aromatic heterocycles. The number of hydrogen-bond acceptors (Lipinski definition) is 5. The lowest BCUT2D eigenvalue weighted by Gasteiger charge is -2.31. The van der Waals surface area contributed by atoms with Gasteiger partial charge >= 0.3 is 4.87 Å². The third-order valence-electron chi connectivity index (χ3n) is 5.48. The zero-order valence-corrected chi connectivity index (χ0v) is 16.4. The van der Waals surface area contributed by atoms with Gasteiger partial charge in [-0.05, 0) is 38.8 Å². The summed E-state index contributed by atoms with van der Waals surface area (Å²) in [5, 5.41) is 8.59. The summed E-state index contributed by atoms with van der Waals surface area (Å²) < 4.78 is 3.75. The summed E-state index contributed by atoms with van der Waals surface area (Å²) in [5.41, 5.74) is 1.83. The van der Waals surface area contributed by atoms with E-state index in [4.69, 9.17) is 0 Å². The molecule has 0 atom stereocenters. The summed E-state index contributed by atoms with van der Waals surface area (Å²) in [5.74, 6) is 1.42. The molecule has 0 N–H and O–H groups in total. The molecule has 1 fully saturated rings. The maximum absolute atomic E-state index is 12.6. The van der Waals surface area contributed by atoms with Crippen molar-refractivity contribution in [2.45, 2.75) is 45.6 Å². The van der Waals surface area contributed by atoms with Gasteiger partial charge in [0.2, 0.25) is 5.91 Å². The fraction of sp³-hybridized carbons (Fsp3) is 0.474. The van der Waals surface area contributed by atoms with E-state index in [0.29, 0.717) is 18.9 Å². The Hall–Kier alpha value is -2.48. The van der Waals surface area contributed by atoms with E-state index in [1.165, 1.54) is 11.3 Å². The average molecular weight is 385 g/mol. The standard InChI is InChI=1S/C19H23N5O2S/c1-13-14(2)27-19(26)23(13)12-8-17(25)22-10-6-15(7-11-22)18-21-20-16-5-3-4-9-24(16)18/h3-5,9,15H,6-8,10-12H2,1-2H3. The van der Waals surface area contributed by atoms with E-state index in [9.17, 15) is 9.59 Å². The number of carbonyl (C=O) groups is 1. The number of aromatic nitrogens is 4. The van der Waals surface area contributed by atoms with Crippen LogP contribution in [0.3, 0.4) is 0 Å². The Morgan fingerprint density at radius 1 is 1.22 bits per heavy atom. The summed E-state index contributed by atoms with van der Waals surface area (Å²) in [6.45, 7) is 5.79. The number of piperidine rings is 1. The van der Waals surface area contributed by atoms with Crippen molar-refractivity contribution in [2.24, 2.45) is 0 Å². The predicted molar refractivity (Wildman–Crippen MR) is 104 cm³/mol. The third kappa shape index (κ3) is 3.41. The first-order valence-electron chi connectivity index (χ1n) is 9.29. The van der Waals surface area contributed by atoms with Crippen molar-refractivity contribution in [3.05, 3.63) is 50.5 Å². The molecule has 3 aromatic rings. The van der Waals surface area contributed by atoms with Crippen molar-refractivity contribution in [3.63, 3.8) is 0 Å². The van der Waals surface area contributed by atoms with Gasteiger partial charge in [0.15, 0.2) is 5.65 Å². The highest BCUT2D eigenvalue weighted by Gasteiger charge is 2.26. The van der Waals surface area contributed by atoms with Gasteiger partial charge in [-0.25, -0.2) is 0 Å².